The smallest absolute Gasteiger partial charge is 0.0220 e. The van der Waals surface area contributed by atoms with Crippen LogP contribution in [0.1, 0.15) is 59.3 Å². The average Bonchev–Trinajstić information content (AvgIpc) is 3.01. The molecule has 3 aliphatic rings. The average molecular weight is 278 g/mol. The molecule has 3 fully saturated rings. The monoisotopic (exact) mass is 278 g/mol. The Hall–Kier alpha value is -0.0800. The molecule has 0 aromatic carbocycles. The van der Waals surface area contributed by atoms with Crippen molar-refractivity contribution in [2.45, 2.75) is 71.4 Å². The van der Waals surface area contributed by atoms with Crippen LogP contribution in [0.4, 0.5) is 0 Å². The topological polar surface area (TPSA) is 15.3 Å². The van der Waals surface area contributed by atoms with E-state index in [0.29, 0.717) is 6.04 Å². The highest BCUT2D eigenvalue weighted by molar-refractivity contribution is 4.93. The first-order chi connectivity index (χ1) is 9.67. The summed E-state index contributed by atoms with van der Waals surface area (Å²) in [7, 11) is 0. The highest BCUT2D eigenvalue weighted by atomic mass is 15.2. The summed E-state index contributed by atoms with van der Waals surface area (Å²) in [6, 6.07) is 1.49. The molecule has 0 aromatic heterocycles. The summed E-state index contributed by atoms with van der Waals surface area (Å²) in [4.78, 5) is 2.84. The third-order valence-corrected chi connectivity index (χ3v) is 6.71. The van der Waals surface area contributed by atoms with E-state index in [2.05, 4.69) is 31.0 Å². The third-order valence-electron chi connectivity index (χ3n) is 6.71. The van der Waals surface area contributed by atoms with Gasteiger partial charge < -0.3 is 5.32 Å². The molecule has 2 nitrogen and oxygen atoms in total. The number of rotatable bonds is 4. The Bertz CT molecular complexity index is 317. The molecular formula is C18H34N2. The first-order valence-electron chi connectivity index (χ1n) is 9.14. The molecule has 1 N–H and O–H groups in total. The van der Waals surface area contributed by atoms with Crippen molar-refractivity contribution in [3.8, 4) is 0 Å². The molecule has 0 spiro atoms. The van der Waals surface area contributed by atoms with Gasteiger partial charge in [0.05, 0.1) is 0 Å². The van der Waals surface area contributed by atoms with E-state index in [-0.39, 0.29) is 0 Å². The minimum absolute atomic E-state index is 0.712. The molecule has 1 heterocycles. The summed E-state index contributed by atoms with van der Waals surface area (Å²) >= 11 is 0. The van der Waals surface area contributed by atoms with Crippen molar-refractivity contribution < 1.29 is 0 Å². The molecule has 0 amide bonds. The quantitative estimate of drug-likeness (QED) is 0.846. The number of hydrogen-bond donors (Lipinski definition) is 1. The van der Waals surface area contributed by atoms with Crippen molar-refractivity contribution in [1.29, 1.82) is 0 Å². The van der Waals surface area contributed by atoms with Crippen molar-refractivity contribution in [2.75, 3.05) is 19.6 Å². The van der Waals surface area contributed by atoms with Crippen LogP contribution in [0.2, 0.25) is 0 Å². The molecule has 116 valence electrons. The van der Waals surface area contributed by atoms with Crippen LogP contribution in [0.25, 0.3) is 0 Å². The van der Waals surface area contributed by atoms with Crippen LogP contribution in [0, 0.1) is 23.7 Å². The fourth-order valence-electron chi connectivity index (χ4n) is 4.98. The molecule has 0 radical (unpaired) electrons. The van der Waals surface area contributed by atoms with Crippen LogP contribution in [-0.2, 0) is 0 Å². The molecule has 2 saturated carbocycles. The van der Waals surface area contributed by atoms with E-state index in [1.165, 1.54) is 51.7 Å². The van der Waals surface area contributed by atoms with Crippen molar-refractivity contribution in [2.24, 2.45) is 23.7 Å². The van der Waals surface area contributed by atoms with Crippen molar-refractivity contribution in [3.63, 3.8) is 0 Å². The lowest BCUT2D eigenvalue weighted by atomic mass is 9.88. The number of fused-ring (bicyclic) bond motifs is 2. The normalized spacial score (nSPS) is 43.6. The van der Waals surface area contributed by atoms with E-state index < -0.39 is 0 Å². The van der Waals surface area contributed by atoms with Crippen LogP contribution >= 0.6 is 0 Å². The van der Waals surface area contributed by atoms with Crippen molar-refractivity contribution in [3.05, 3.63) is 0 Å². The SMILES string of the molecule is CCC(C)C1CN(CC2CC3CCC2C3)C(C)CCN1. The van der Waals surface area contributed by atoms with Gasteiger partial charge in [-0.05, 0) is 62.8 Å². The summed E-state index contributed by atoms with van der Waals surface area (Å²) < 4.78 is 0. The fourth-order valence-corrected chi connectivity index (χ4v) is 4.98. The summed E-state index contributed by atoms with van der Waals surface area (Å²) in [6.07, 6.45) is 8.79. The zero-order valence-electron chi connectivity index (χ0n) is 13.8. The highest BCUT2D eigenvalue weighted by Crippen LogP contribution is 2.48. The van der Waals surface area contributed by atoms with Crippen LogP contribution in [0.5, 0.6) is 0 Å². The maximum absolute atomic E-state index is 3.81. The minimum atomic E-state index is 0.712. The maximum atomic E-state index is 3.81. The van der Waals surface area contributed by atoms with Gasteiger partial charge in [0, 0.05) is 25.2 Å². The molecule has 2 heteroatoms. The molecule has 0 aromatic rings. The molecule has 2 bridgehead atoms. The van der Waals surface area contributed by atoms with Gasteiger partial charge >= 0.3 is 0 Å². The Morgan fingerprint density at radius 2 is 2.05 bits per heavy atom. The first-order valence-corrected chi connectivity index (χ1v) is 9.14. The lowest BCUT2D eigenvalue weighted by Crippen LogP contribution is -2.45. The van der Waals surface area contributed by atoms with Gasteiger partial charge in [0.2, 0.25) is 0 Å². The molecule has 3 rings (SSSR count). The fraction of sp³-hybridized carbons (Fsp3) is 1.00. The molecule has 1 aliphatic heterocycles. The summed E-state index contributed by atoms with van der Waals surface area (Å²) in [6.45, 7) is 11.1. The molecule has 1 saturated heterocycles. The number of nitrogens with zero attached hydrogens (tertiary/aromatic N) is 1. The molecule has 2 aliphatic carbocycles. The number of nitrogens with one attached hydrogen (secondary N) is 1. The largest absolute Gasteiger partial charge is 0.312 e. The Morgan fingerprint density at radius 3 is 2.70 bits per heavy atom. The van der Waals surface area contributed by atoms with E-state index in [0.717, 1.165) is 29.7 Å². The Balaban J connectivity index is 1.60. The van der Waals surface area contributed by atoms with E-state index in [4.69, 9.17) is 0 Å². The third kappa shape index (κ3) is 3.06. The second-order valence-corrected chi connectivity index (χ2v) is 7.97. The summed E-state index contributed by atoms with van der Waals surface area (Å²) in [5.41, 5.74) is 0. The second kappa shape index (κ2) is 6.36. The van der Waals surface area contributed by atoms with E-state index in [1.54, 1.807) is 6.42 Å². The maximum Gasteiger partial charge on any atom is 0.0220 e. The van der Waals surface area contributed by atoms with Crippen LogP contribution in [-0.4, -0.2) is 36.6 Å². The van der Waals surface area contributed by atoms with Gasteiger partial charge in [0.15, 0.2) is 0 Å². The molecular weight excluding hydrogens is 244 g/mol. The van der Waals surface area contributed by atoms with Gasteiger partial charge in [-0.25, -0.2) is 0 Å². The van der Waals surface area contributed by atoms with Gasteiger partial charge in [-0.3, -0.25) is 4.90 Å². The lowest BCUT2D eigenvalue weighted by Gasteiger charge is -2.35. The van der Waals surface area contributed by atoms with Gasteiger partial charge in [-0.15, -0.1) is 0 Å². The number of hydrogen-bond acceptors (Lipinski definition) is 2. The van der Waals surface area contributed by atoms with Crippen molar-refractivity contribution >= 4 is 0 Å². The minimum Gasteiger partial charge on any atom is -0.312 e. The first kappa shape index (κ1) is 14.8. The lowest BCUT2D eigenvalue weighted by molar-refractivity contribution is 0.138. The predicted molar refractivity (Wildman–Crippen MR) is 85.8 cm³/mol. The molecule has 6 atom stereocenters. The van der Waals surface area contributed by atoms with E-state index in [1.807, 2.05) is 0 Å². The molecule has 6 unspecified atom stereocenters. The predicted octanol–water partition coefficient (Wildman–Crippen LogP) is 3.52. The second-order valence-electron chi connectivity index (χ2n) is 7.97. The Labute approximate surface area is 125 Å². The van der Waals surface area contributed by atoms with E-state index >= 15 is 0 Å². The summed E-state index contributed by atoms with van der Waals surface area (Å²) in [5.74, 6) is 4.00. The van der Waals surface area contributed by atoms with Gasteiger partial charge in [-0.2, -0.15) is 0 Å². The van der Waals surface area contributed by atoms with Crippen molar-refractivity contribution in [1.82, 2.24) is 10.2 Å². The Morgan fingerprint density at radius 1 is 1.20 bits per heavy atom. The zero-order chi connectivity index (χ0) is 14.1. The summed E-state index contributed by atoms with van der Waals surface area (Å²) in [5, 5.41) is 3.81. The van der Waals surface area contributed by atoms with Crippen LogP contribution < -0.4 is 5.32 Å². The standard InChI is InChI=1S/C18H34N2/c1-4-13(2)18-12-20(14(3)7-8-19-18)11-17-10-15-5-6-16(17)9-15/h13-19H,4-12H2,1-3H3. The van der Waals surface area contributed by atoms with E-state index in [9.17, 15) is 0 Å². The van der Waals surface area contributed by atoms with Gasteiger partial charge in [-0.1, -0.05) is 26.7 Å². The Kier molecular flexibility index (Phi) is 4.72. The van der Waals surface area contributed by atoms with Gasteiger partial charge in [0.1, 0.15) is 0 Å². The zero-order valence-corrected chi connectivity index (χ0v) is 13.8. The highest BCUT2D eigenvalue weighted by Gasteiger charge is 2.40. The van der Waals surface area contributed by atoms with Crippen LogP contribution in [0.15, 0.2) is 0 Å². The van der Waals surface area contributed by atoms with Crippen LogP contribution in [0.3, 0.4) is 0 Å². The molecule has 20 heavy (non-hydrogen) atoms. The van der Waals surface area contributed by atoms with Gasteiger partial charge in [0.25, 0.3) is 0 Å².